The minimum atomic E-state index is -0.480. The summed E-state index contributed by atoms with van der Waals surface area (Å²) in [6, 6.07) is 19.6. The largest absolute Gasteiger partial charge is 0.490 e. The van der Waals surface area contributed by atoms with Gasteiger partial charge in [0.1, 0.15) is 24.0 Å². The molecule has 0 saturated carbocycles. The lowest BCUT2D eigenvalue weighted by Crippen LogP contribution is -2.35. The van der Waals surface area contributed by atoms with Crippen molar-refractivity contribution in [2.75, 3.05) is 19.8 Å². The molecule has 0 unspecified atom stereocenters. The van der Waals surface area contributed by atoms with E-state index in [0.29, 0.717) is 47.1 Å². The molecule has 0 bridgehead atoms. The number of hydrogen-bond donors (Lipinski definition) is 1. The highest BCUT2D eigenvalue weighted by molar-refractivity contribution is 8.27. The van der Waals surface area contributed by atoms with Gasteiger partial charge in [-0.2, -0.15) is 15.1 Å². The normalized spacial score (nSPS) is 15.5. The molecular weight excluding hydrogens is 536 g/mol. The molecule has 3 aromatic rings. The van der Waals surface area contributed by atoms with E-state index in [2.05, 4.69) is 30.0 Å². The molecule has 0 aliphatic carbocycles. The summed E-state index contributed by atoms with van der Waals surface area (Å²) < 4.78 is 17.7. The lowest BCUT2D eigenvalue weighted by molar-refractivity contribution is -0.114. The van der Waals surface area contributed by atoms with E-state index in [1.54, 1.807) is 18.2 Å². The SMILES string of the molecule is CCOc1cc(/C=C2\C(=N)N3N=C(c4ccc(C)cc4)SC3=NC2=O)ccc1OCCOc1cc(C)cc(CC)c1. The minimum Gasteiger partial charge on any atom is -0.490 e. The second-order valence-corrected chi connectivity index (χ2v) is 10.6. The van der Waals surface area contributed by atoms with E-state index in [0.717, 1.165) is 28.9 Å². The van der Waals surface area contributed by atoms with Gasteiger partial charge >= 0.3 is 0 Å². The first-order chi connectivity index (χ1) is 19.8. The van der Waals surface area contributed by atoms with Crippen molar-refractivity contribution in [2.45, 2.75) is 34.1 Å². The monoisotopic (exact) mass is 568 g/mol. The Balaban J connectivity index is 1.29. The van der Waals surface area contributed by atoms with Gasteiger partial charge in [0, 0.05) is 5.56 Å². The molecule has 2 aliphatic rings. The van der Waals surface area contributed by atoms with E-state index in [1.807, 2.05) is 56.3 Å². The maximum atomic E-state index is 12.9. The summed E-state index contributed by atoms with van der Waals surface area (Å²) in [4.78, 5) is 17.1. The number of hydrogen-bond acceptors (Lipinski definition) is 7. The van der Waals surface area contributed by atoms with Gasteiger partial charge in [-0.25, -0.2) is 0 Å². The number of nitrogens with zero attached hydrogens (tertiary/aromatic N) is 3. The topological polar surface area (TPSA) is 96.6 Å². The second kappa shape index (κ2) is 12.4. The van der Waals surface area contributed by atoms with Crippen LogP contribution >= 0.6 is 11.8 Å². The van der Waals surface area contributed by atoms with Gasteiger partial charge in [-0.3, -0.25) is 10.2 Å². The van der Waals surface area contributed by atoms with Crippen molar-refractivity contribution in [3.8, 4) is 17.2 Å². The number of hydrazone groups is 1. The van der Waals surface area contributed by atoms with Crippen LogP contribution in [0, 0.1) is 19.3 Å². The maximum absolute atomic E-state index is 12.9. The van der Waals surface area contributed by atoms with Crippen LogP contribution in [0.15, 0.2) is 76.3 Å². The van der Waals surface area contributed by atoms with E-state index < -0.39 is 5.91 Å². The molecule has 2 heterocycles. The third kappa shape index (κ3) is 6.52. The molecule has 0 fully saturated rings. The number of aryl methyl sites for hydroxylation is 3. The van der Waals surface area contributed by atoms with E-state index in [-0.39, 0.29) is 11.4 Å². The number of nitrogens with one attached hydrogen (secondary N) is 1. The third-order valence-corrected chi connectivity index (χ3v) is 7.42. The number of carbonyl (C=O) groups excluding carboxylic acids is 1. The molecule has 41 heavy (non-hydrogen) atoms. The van der Waals surface area contributed by atoms with Crippen LogP contribution in [0.4, 0.5) is 0 Å². The zero-order valence-electron chi connectivity index (χ0n) is 23.6. The van der Waals surface area contributed by atoms with Crippen molar-refractivity contribution in [2.24, 2.45) is 10.1 Å². The molecule has 9 heteroatoms. The first-order valence-corrected chi connectivity index (χ1v) is 14.4. The fourth-order valence-corrected chi connectivity index (χ4v) is 5.29. The number of fused-ring (bicyclic) bond motifs is 1. The summed E-state index contributed by atoms with van der Waals surface area (Å²) in [5.74, 6) is 1.44. The summed E-state index contributed by atoms with van der Waals surface area (Å²) in [5.41, 5.74) is 5.29. The number of carbonyl (C=O) groups is 1. The molecule has 5 rings (SSSR count). The quantitative estimate of drug-likeness (QED) is 0.225. The average Bonchev–Trinajstić information content (AvgIpc) is 3.38. The summed E-state index contributed by atoms with van der Waals surface area (Å²) >= 11 is 1.28. The lowest BCUT2D eigenvalue weighted by Gasteiger charge is -2.20. The standard InChI is InChI=1S/C32H32N4O4S/c1-5-22-15-21(4)16-25(17-22)39-13-14-40-27-12-9-23(19-28(27)38-6-2)18-26-29(33)36-32(34-30(26)37)41-31(35-36)24-10-7-20(3)8-11-24/h7-12,15-19,33H,5-6,13-14H2,1-4H3/b26-18+,33-29?. The van der Waals surface area contributed by atoms with Crippen LogP contribution in [0.1, 0.15) is 41.7 Å². The van der Waals surface area contributed by atoms with Crippen LogP contribution in [-0.2, 0) is 11.2 Å². The van der Waals surface area contributed by atoms with Crippen LogP contribution < -0.4 is 14.2 Å². The van der Waals surface area contributed by atoms with Gasteiger partial charge in [-0.05, 0) is 86.0 Å². The molecule has 210 valence electrons. The number of thioether (sulfide) groups is 1. The highest BCUT2D eigenvalue weighted by atomic mass is 32.2. The van der Waals surface area contributed by atoms with Crippen LogP contribution in [-0.4, -0.2) is 46.8 Å². The Morgan fingerprint density at radius 1 is 0.902 bits per heavy atom. The van der Waals surface area contributed by atoms with Gasteiger partial charge in [0.15, 0.2) is 17.3 Å². The average molecular weight is 569 g/mol. The Hall–Kier alpha value is -4.37. The fourth-order valence-electron chi connectivity index (χ4n) is 4.40. The van der Waals surface area contributed by atoms with Crippen LogP contribution in [0.5, 0.6) is 17.2 Å². The van der Waals surface area contributed by atoms with E-state index in [4.69, 9.17) is 19.6 Å². The molecule has 8 nitrogen and oxygen atoms in total. The van der Waals surface area contributed by atoms with Crippen molar-refractivity contribution in [3.63, 3.8) is 0 Å². The van der Waals surface area contributed by atoms with Crippen LogP contribution in [0.25, 0.3) is 6.08 Å². The first-order valence-electron chi connectivity index (χ1n) is 13.5. The van der Waals surface area contributed by atoms with Crippen molar-refractivity contribution in [3.05, 3.63) is 94.1 Å². The number of amidine groups is 2. The summed E-state index contributed by atoms with van der Waals surface area (Å²) in [5, 5.41) is 15.8. The zero-order valence-corrected chi connectivity index (χ0v) is 24.4. The molecule has 0 atom stereocenters. The third-order valence-electron chi connectivity index (χ3n) is 6.46. The summed E-state index contributed by atoms with van der Waals surface area (Å²) in [7, 11) is 0. The molecule has 0 aromatic heterocycles. The van der Waals surface area contributed by atoms with Crippen molar-refractivity contribution < 1.29 is 19.0 Å². The Labute approximate surface area is 244 Å². The molecule has 0 spiro atoms. The predicted octanol–water partition coefficient (Wildman–Crippen LogP) is 6.39. The molecular formula is C32H32N4O4S. The van der Waals surface area contributed by atoms with Gasteiger partial charge in [0.05, 0.1) is 12.2 Å². The lowest BCUT2D eigenvalue weighted by atomic mass is 10.1. The van der Waals surface area contributed by atoms with Crippen LogP contribution in [0.3, 0.4) is 0 Å². The number of amides is 1. The van der Waals surface area contributed by atoms with Gasteiger partial charge < -0.3 is 14.2 Å². The Morgan fingerprint density at radius 3 is 2.44 bits per heavy atom. The van der Waals surface area contributed by atoms with Gasteiger partial charge in [-0.1, -0.05) is 48.9 Å². The second-order valence-electron chi connectivity index (χ2n) is 9.64. The number of benzene rings is 3. The molecule has 0 radical (unpaired) electrons. The zero-order chi connectivity index (χ0) is 28.9. The number of rotatable bonds is 10. The minimum absolute atomic E-state index is 0.0209. The summed E-state index contributed by atoms with van der Waals surface area (Å²) in [6.45, 7) is 9.26. The number of ether oxygens (including phenoxy) is 3. The Morgan fingerprint density at radius 2 is 1.68 bits per heavy atom. The maximum Gasteiger partial charge on any atom is 0.283 e. The highest BCUT2D eigenvalue weighted by Crippen LogP contribution is 2.33. The van der Waals surface area contributed by atoms with Crippen molar-refractivity contribution in [1.29, 1.82) is 5.41 Å². The predicted molar refractivity (Wildman–Crippen MR) is 164 cm³/mol. The van der Waals surface area contributed by atoms with Gasteiger partial charge in [0.25, 0.3) is 5.91 Å². The molecule has 0 saturated heterocycles. The fraction of sp³-hybridized carbons (Fsp3) is 0.250. The van der Waals surface area contributed by atoms with E-state index in [9.17, 15) is 4.79 Å². The van der Waals surface area contributed by atoms with Crippen molar-refractivity contribution in [1.82, 2.24) is 5.01 Å². The van der Waals surface area contributed by atoms with Crippen LogP contribution in [0.2, 0.25) is 0 Å². The molecule has 3 aromatic carbocycles. The highest BCUT2D eigenvalue weighted by Gasteiger charge is 2.36. The Bertz CT molecular complexity index is 1580. The van der Waals surface area contributed by atoms with Gasteiger partial charge in [0.2, 0.25) is 5.17 Å². The van der Waals surface area contributed by atoms with E-state index in [1.165, 1.54) is 22.3 Å². The Kier molecular flexibility index (Phi) is 8.54. The smallest absolute Gasteiger partial charge is 0.283 e. The summed E-state index contributed by atoms with van der Waals surface area (Å²) in [6.07, 6.45) is 2.58. The molecule has 1 N–H and O–H groups in total. The molecule has 1 amide bonds. The first kappa shape index (κ1) is 28.2. The van der Waals surface area contributed by atoms with E-state index >= 15 is 0 Å². The number of aliphatic imine (C=N–C) groups is 1. The molecule has 2 aliphatic heterocycles. The van der Waals surface area contributed by atoms with Gasteiger partial charge in [-0.15, -0.1) is 0 Å². The van der Waals surface area contributed by atoms with Crippen molar-refractivity contribution >= 4 is 39.8 Å².